The molecule has 1 atom stereocenters. The molecule has 7 heteroatoms. The van der Waals surface area contributed by atoms with Gasteiger partial charge >= 0.3 is 0 Å². The average molecular weight is 299 g/mol. The number of ether oxygens (including phenoxy) is 1. The van der Waals surface area contributed by atoms with Crippen LogP contribution in [0.15, 0.2) is 30.3 Å². The van der Waals surface area contributed by atoms with E-state index in [0.717, 1.165) is 5.56 Å². The van der Waals surface area contributed by atoms with Crippen molar-refractivity contribution in [2.45, 2.75) is 6.04 Å². The summed E-state index contributed by atoms with van der Waals surface area (Å²) in [6.07, 6.45) is 0. The van der Waals surface area contributed by atoms with Gasteiger partial charge in [-0.05, 0) is 29.8 Å². The molecule has 19 heavy (non-hydrogen) atoms. The van der Waals surface area contributed by atoms with Crippen LogP contribution in [0.5, 0.6) is 5.88 Å². The van der Waals surface area contributed by atoms with E-state index in [1.807, 2.05) is 0 Å². The SMILES string of the molecule is COc1ccc(C(NN)c2cc(Cl)ccc2Cl)nn1. The van der Waals surface area contributed by atoms with Crippen LogP contribution in [-0.2, 0) is 0 Å². The number of hydrogen-bond acceptors (Lipinski definition) is 5. The zero-order valence-electron chi connectivity index (χ0n) is 10.1. The third-order valence-corrected chi connectivity index (χ3v) is 3.18. The minimum Gasteiger partial charge on any atom is -0.480 e. The highest BCUT2D eigenvalue weighted by molar-refractivity contribution is 6.33. The first-order chi connectivity index (χ1) is 9.15. The van der Waals surface area contributed by atoms with E-state index in [9.17, 15) is 0 Å². The van der Waals surface area contributed by atoms with Gasteiger partial charge in [-0.15, -0.1) is 10.2 Å². The van der Waals surface area contributed by atoms with Crippen molar-refractivity contribution >= 4 is 23.2 Å². The van der Waals surface area contributed by atoms with Gasteiger partial charge in [0.25, 0.3) is 0 Å². The summed E-state index contributed by atoms with van der Waals surface area (Å²) in [7, 11) is 1.52. The fraction of sp³-hybridized carbons (Fsp3) is 0.167. The lowest BCUT2D eigenvalue weighted by atomic mass is 10.0. The van der Waals surface area contributed by atoms with E-state index in [-0.39, 0.29) is 0 Å². The fourth-order valence-electron chi connectivity index (χ4n) is 1.66. The summed E-state index contributed by atoms with van der Waals surface area (Å²) < 4.78 is 4.96. The molecule has 1 heterocycles. The summed E-state index contributed by atoms with van der Waals surface area (Å²) in [5, 5.41) is 9.07. The molecule has 0 aliphatic rings. The molecular formula is C12H12Cl2N4O. The molecular weight excluding hydrogens is 287 g/mol. The molecule has 1 unspecified atom stereocenters. The van der Waals surface area contributed by atoms with E-state index in [1.54, 1.807) is 30.3 Å². The number of nitrogens with zero attached hydrogens (tertiary/aromatic N) is 2. The van der Waals surface area contributed by atoms with Crippen LogP contribution in [-0.4, -0.2) is 17.3 Å². The minimum absolute atomic E-state index is 0.399. The van der Waals surface area contributed by atoms with Gasteiger partial charge in [-0.2, -0.15) is 0 Å². The molecule has 0 amide bonds. The standard InChI is InChI=1S/C12H12Cl2N4O/c1-19-11-5-4-10(17-18-11)12(16-15)8-6-7(13)2-3-9(8)14/h2-6,12,16H,15H2,1H3. The Morgan fingerprint density at radius 2 is 2.00 bits per heavy atom. The highest BCUT2D eigenvalue weighted by atomic mass is 35.5. The van der Waals surface area contributed by atoms with Gasteiger partial charge in [0.05, 0.1) is 18.8 Å². The molecule has 100 valence electrons. The van der Waals surface area contributed by atoms with Crippen molar-refractivity contribution in [3.63, 3.8) is 0 Å². The molecule has 0 aliphatic heterocycles. The van der Waals surface area contributed by atoms with Gasteiger partial charge in [-0.25, -0.2) is 5.43 Å². The van der Waals surface area contributed by atoms with Crippen molar-refractivity contribution < 1.29 is 4.74 Å². The Morgan fingerprint density at radius 3 is 2.58 bits per heavy atom. The number of nitrogens with one attached hydrogen (secondary N) is 1. The summed E-state index contributed by atoms with van der Waals surface area (Å²) in [6.45, 7) is 0. The molecule has 5 nitrogen and oxygen atoms in total. The van der Waals surface area contributed by atoms with E-state index in [1.165, 1.54) is 7.11 Å². The fourth-order valence-corrected chi connectivity index (χ4v) is 2.07. The summed E-state index contributed by atoms with van der Waals surface area (Å²) in [6, 6.07) is 8.21. The van der Waals surface area contributed by atoms with Crippen LogP contribution in [0.25, 0.3) is 0 Å². The number of halogens is 2. The second kappa shape index (κ2) is 6.16. The smallest absolute Gasteiger partial charge is 0.233 e. The van der Waals surface area contributed by atoms with Crippen LogP contribution in [0.1, 0.15) is 17.3 Å². The van der Waals surface area contributed by atoms with Gasteiger partial charge in [-0.1, -0.05) is 23.2 Å². The van der Waals surface area contributed by atoms with Gasteiger partial charge in [-0.3, -0.25) is 5.84 Å². The number of rotatable bonds is 4. The van der Waals surface area contributed by atoms with E-state index < -0.39 is 6.04 Å². The molecule has 0 saturated heterocycles. The first kappa shape index (κ1) is 14.0. The lowest BCUT2D eigenvalue weighted by Gasteiger charge is -2.17. The average Bonchev–Trinajstić information content (AvgIpc) is 2.44. The van der Waals surface area contributed by atoms with Crippen molar-refractivity contribution in [2.75, 3.05) is 7.11 Å². The van der Waals surface area contributed by atoms with E-state index in [0.29, 0.717) is 21.6 Å². The van der Waals surface area contributed by atoms with Gasteiger partial charge in [0.2, 0.25) is 5.88 Å². The van der Waals surface area contributed by atoms with Crippen LogP contribution in [0, 0.1) is 0 Å². The van der Waals surface area contributed by atoms with Crippen molar-refractivity contribution in [1.29, 1.82) is 0 Å². The molecule has 2 rings (SSSR count). The summed E-state index contributed by atoms with van der Waals surface area (Å²) in [5.41, 5.74) is 4.00. The maximum absolute atomic E-state index is 6.15. The van der Waals surface area contributed by atoms with Crippen LogP contribution in [0.4, 0.5) is 0 Å². The van der Waals surface area contributed by atoms with Gasteiger partial charge in [0.15, 0.2) is 0 Å². The Bertz CT molecular complexity index is 562. The maximum atomic E-state index is 6.15. The third-order valence-electron chi connectivity index (χ3n) is 2.60. The Hall–Kier alpha value is -1.40. The van der Waals surface area contributed by atoms with Crippen molar-refractivity contribution in [2.24, 2.45) is 5.84 Å². The molecule has 0 radical (unpaired) electrons. The van der Waals surface area contributed by atoms with E-state index in [4.69, 9.17) is 33.8 Å². The summed E-state index contributed by atoms with van der Waals surface area (Å²) >= 11 is 12.1. The zero-order chi connectivity index (χ0) is 13.8. The maximum Gasteiger partial charge on any atom is 0.233 e. The molecule has 0 spiro atoms. The number of benzene rings is 1. The molecule has 1 aromatic heterocycles. The highest BCUT2D eigenvalue weighted by Crippen LogP contribution is 2.29. The van der Waals surface area contributed by atoms with E-state index >= 15 is 0 Å². The van der Waals surface area contributed by atoms with Crippen molar-refractivity contribution in [1.82, 2.24) is 15.6 Å². The Morgan fingerprint density at radius 1 is 1.21 bits per heavy atom. The van der Waals surface area contributed by atoms with Gasteiger partial charge < -0.3 is 4.74 Å². The lowest BCUT2D eigenvalue weighted by Crippen LogP contribution is -2.30. The van der Waals surface area contributed by atoms with Crippen LogP contribution < -0.4 is 16.0 Å². The topological polar surface area (TPSA) is 73.1 Å². The minimum atomic E-state index is -0.399. The summed E-state index contributed by atoms with van der Waals surface area (Å²) in [4.78, 5) is 0. The van der Waals surface area contributed by atoms with Crippen LogP contribution in [0.3, 0.4) is 0 Å². The van der Waals surface area contributed by atoms with Crippen LogP contribution in [0.2, 0.25) is 10.0 Å². The van der Waals surface area contributed by atoms with Gasteiger partial charge in [0.1, 0.15) is 0 Å². The largest absolute Gasteiger partial charge is 0.480 e. The second-order valence-electron chi connectivity index (χ2n) is 3.77. The summed E-state index contributed by atoms with van der Waals surface area (Å²) in [5.74, 6) is 6.00. The normalized spacial score (nSPS) is 12.2. The van der Waals surface area contributed by atoms with Crippen molar-refractivity contribution in [3.05, 3.63) is 51.6 Å². The third kappa shape index (κ3) is 3.13. The predicted molar refractivity (Wildman–Crippen MR) is 74.2 cm³/mol. The molecule has 0 aliphatic carbocycles. The van der Waals surface area contributed by atoms with Gasteiger partial charge in [0, 0.05) is 16.1 Å². The molecule has 1 aromatic carbocycles. The second-order valence-corrected chi connectivity index (χ2v) is 4.61. The monoisotopic (exact) mass is 298 g/mol. The number of hydrazine groups is 1. The number of aromatic nitrogens is 2. The first-order valence-corrected chi connectivity index (χ1v) is 6.20. The van der Waals surface area contributed by atoms with Crippen LogP contribution >= 0.6 is 23.2 Å². The van der Waals surface area contributed by atoms with E-state index in [2.05, 4.69) is 15.6 Å². The molecule has 0 fully saturated rings. The Kier molecular flexibility index (Phi) is 4.55. The quantitative estimate of drug-likeness (QED) is 0.669. The molecule has 0 bridgehead atoms. The highest BCUT2D eigenvalue weighted by Gasteiger charge is 2.18. The van der Waals surface area contributed by atoms with Crippen molar-refractivity contribution in [3.8, 4) is 5.88 Å². The number of methoxy groups -OCH3 is 1. The Balaban J connectivity index is 2.40. The first-order valence-electron chi connectivity index (χ1n) is 5.44. The predicted octanol–water partition coefficient (Wildman–Crippen LogP) is 2.34. The molecule has 0 saturated carbocycles. The number of nitrogens with two attached hydrogens (primary N) is 1. The zero-order valence-corrected chi connectivity index (χ0v) is 11.6. The Labute approximate surface area is 120 Å². The number of hydrogen-bond donors (Lipinski definition) is 2. The lowest BCUT2D eigenvalue weighted by molar-refractivity contribution is 0.390. The molecule has 3 N–H and O–H groups in total. The molecule has 2 aromatic rings.